The maximum Gasteiger partial charge on any atom is 0.317 e. The normalized spacial score (nSPS) is 26.4. The predicted molar refractivity (Wildman–Crippen MR) is 87.3 cm³/mol. The number of rotatable bonds is 7. The molecule has 2 aliphatic rings. The number of hydrogen-bond donors (Lipinski definition) is 2. The van der Waals surface area contributed by atoms with Crippen molar-refractivity contribution in [2.24, 2.45) is 11.3 Å². The van der Waals surface area contributed by atoms with E-state index in [1.165, 1.54) is 25.7 Å². The van der Waals surface area contributed by atoms with Crippen LogP contribution in [0.4, 0.5) is 4.79 Å². The zero-order valence-corrected chi connectivity index (χ0v) is 14.3. The van der Waals surface area contributed by atoms with E-state index < -0.39 is 11.4 Å². The van der Waals surface area contributed by atoms with Crippen LogP contribution in [0.3, 0.4) is 0 Å². The number of hydrogen-bond acceptors (Lipinski definition) is 3. The van der Waals surface area contributed by atoms with Crippen molar-refractivity contribution in [3.63, 3.8) is 0 Å². The van der Waals surface area contributed by atoms with Crippen molar-refractivity contribution in [1.29, 1.82) is 0 Å². The van der Waals surface area contributed by atoms with Gasteiger partial charge in [0.25, 0.3) is 0 Å². The van der Waals surface area contributed by atoms with Crippen LogP contribution < -0.4 is 5.32 Å². The number of ether oxygens (including phenoxy) is 1. The summed E-state index contributed by atoms with van der Waals surface area (Å²) in [6.45, 7) is 5.79. The zero-order valence-electron chi connectivity index (χ0n) is 14.3. The van der Waals surface area contributed by atoms with Gasteiger partial charge in [-0.2, -0.15) is 0 Å². The molecule has 0 bridgehead atoms. The van der Waals surface area contributed by atoms with Gasteiger partial charge in [0.2, 0.25) is 0 Å². The van der Waals surface area contributed by atoms with Crippen LogP contribution in [0.1, 0.15) is 52.4 Å². The third-order valence-electron chi connectivity index (χ3n) is 5.29. The molecule has 1 saturated heterocycles. The monoisotopic (exact) mass is 326 g/mol. The number of carboxylic acid groups (broad SMARTS) is 1. The molecule has 23 heavy (non-hydrogen) atoms. The maximum absolute atomic E-state index is 12.2. The summed E-state index contributed by atoms with van der Waals surface area (Å²) in [7, 11) is 0. The molecule has 2 amide bonds. The van der Waals surface area contributed by atoms with Gasteiger partial charge in [0.05, 0.1) is 11.5 Å². The second-order valence-electron chi connectivity index (χ2n) is 7.10. The Labute approximate surface area is 138 Å². The van der Waals surface area contributed by atoms with Crippen molar-refractivity contribution in [1.82, 2.24) is 10.2 Å². The Hall–Kier alpha value is -1.30. The highest BCUT2D eigenvalue weighted by atomic mass is 16.5. The van der Waals surface area contributed by atoms with Crippen molar-refractivity contribution in [3.8, 4) is 0 Å². The third-order valence-corrected chi connectivity index (χ3v) is 5.29. The maximum atomic E-state index is 12.2. The Morgan fingerprint density at radius 3 is 2.65 bits per heavy atom. The first-order valence-electron chi connectivity index (χ1n) is 8.84. The van der Waals surface area contributed by atoms with E-state index in [2.05, 4.69) is 5.32 Å². The summed E-state index contributed by atoms with van der Waals surface area (Å²) in [4.78, 5) is 25.0. The molecule has 0 aromatic rings. The van der Waals surface area contributed by atoms with E-state index in [9.17, 15) is 14.7 Å². The van der Waals surface area contributed by atoms with E-state index in [0.29, 0.717) is 32.0 Å². The summed E-state index contributed by atoms with van der Waals surface area (Å²) in [5.41, 5.74) is -0.810. The fraction of sp³-hybridized carbons (Fsp3) is 0.882. The highest BCUT2D eigenvalue weighted by Crippen LogP contribution is 2.31. The number of carbonyl (C=O) groups is 2. The van der Waals surface area contributed by atoms with Crippen molar-refractivity contribution in [2.45, 2.75) is 58.5 Å². The van der Waals surface area contributed by atoms with Gasteiger partial charge in [-0.3, -0.25) is 4.79 Å². The van der Waals surface area contributed by atoms with Gasteiger partial charge < -0.3 is 20.1 Å². The highest BCUT2D eigenvalue weighted by Gasteiger charge is 2.42. The van der Waals surface area contributed by atoms with Crippen LogP contribution >= 0.6 is 0 Å². The van der Waals surface area contributed by atoms with E-state index in [4.69, 9.17) is 4.74 Å². The van der Waals surface area contributed by atoms with Gasteiger partial charge in [-0.15, -0.1) is 0 Å². The summed E-state index contributed by atoms with van der Waals surface area (Å²) in [5.74, 6) is -0.209. The molecule has 0 aromatic carbocycles. The molecule has 1 saturated carbocycles. The van der Waals surface area contributed by atoms with Crippen molar-refractivity contribution in [3.05, 3.63) is 0 Å². The Morgan fingerprint density at radius 1 is 1.39 bits per heavy atom. The minimum absolute atomic E-state index is 0.156. The molecule has 6 heteroatoms. The van der Waals surface area contributed by atoms with Crippen LogP contribution in [0.2, 0.25) is 0 Å². The zero-order chi connectivity index (χ0) is 16.9. The fourth-order valence-electron chi connectivity index (χ4n) is 3.74. The molecular weight excluding hydrogens is 296 g/mol. The molecule has 6 nitrogen and oxygen atoms in total. The Morgan fingerprint density at radius 2 is 2.09 bits per heavy atom. The standard InChI is InChI=1S/C17H30N2O4/c1-3-23-14(13-6-4-5-7-13)8-10-18-16(22)19-11-9-17(2,12-19)15(20)21/h13-14H,3-12H2,1-2H3,(H,18,22)(H,20,21). The molecule has 2 unspecified atom stereocenters. The molecule has 1 aliphatic heterocycles. The van der Waals surface area contributed by atoms with Gasteiger partial charge in [-0.1, -0.05) is 12.8 Å². The highest BCUT2D eigenvalue weighted by molar-refractivity contribution is 5.79. The average Bonchev–Trinajstić information content (AvgIpc) is 3.16. The lowest BCUT2D eigenvalue weighted by atomic mass is 9.90. The molecule has 2 N–H and O–H groups in total. The van der Waals surface area contributed by atoms with Crippen LogP contribution in [-0.2, 0) is 9.53 Å². The van der Waals surface area contributed by atoms with Crippen LogP contribution in [0, 0.1) is 11.3 Å². The minimum Gasteiger partial charge on any atom is -0.481 e. The van der Waals surface area contributed by atoms with E-state index in [1.807, 2.05) is 6.92 Å². The largest absolute Gasteiger partial charge is 0.481 e. The Balaban J connectivity index is 1.74. The molecule has 2 atom stereocenters. The SMILES string of the molecule is CCOC(CCNC(=O)N1CCC(C)(C(=O)O)C1)C1CCCC1. The number of nitrogens with zero attached hydrogens (tertiary/aromatic N) is 1. The number of urea groups is 1. The molecule has 1 heterocycles. The third kappa shape index (κ3) is 4.59. The Bertz CT molecular complexity index is 423. The molecule has 2 rings (SSSR count). The van der Waals surface area contributed by atoms with Gasteiger partial charge in [-0.05, 0) is 45.4 Å². The number of carbonyl (C=O) groups excluding carboxylic acids is 1. The van der Waals surface area contributed by atoms with E-state index >= 15 is 0 Å². The first-order chi connectivity index (χ1) is 11.0. The summed E-state index contributed by atoms with van der Waals surface area (Å²) < 4.78 is 5.86. The lowest BCUT2D eigenvalue weighted by Gasteiger charge is -2.24. The fourth-order valence-corrected chi connectivity index (χ4v) is 3.74. The number of likely N-dealkylation sites (tertiary alicyclic amines) is 1. The summed E-state index contributed by atoms with van der Waals surface area (Å²) in [5, 5.41) is 12.2. The second kappa shape index (κ2) is 7.99. The van der Waals surface area contributed by atoms with Crippen LogP contribution in [0.25, 0.3) is 0 Å². The van der Waals surface area contributed by atoms with E-state index in [1.54, 1.807) is 11.8 Å². The van der Waals surface area contributed by atoms with Gasteiger partial charge in [0, 0.05) is 26.2 Å². The lowest BCUT2D eigenvalue weighted by molar-refractivity contribution is -0.146. The topological polar surface area (TPSA) is 78.9 Å². The first kappa shape index (κ1) is 18.0. The van der Waals surface area contributed by atoms with Crippen molar-refractivity contribution < 1.29 is 19.4 Å². The molecule has 2 fully saturated rings. The quantitative estimate of drug-likeness (QED) is 0.753. The van der Waals surface area contributed by atoms with Gasteiger partial charge in [0.1, 0.15) is 0 Å². The summed E-state index contributed by atoms with van der Waals surface area (Å²) in [6, 6.07) is -0.156. The summed E-state index contributed by atoms with van der Waals surface area (Å²) >= 11 is 0. The molecule has 0 aromatic heterocycles. The van der Waals surface area contributed by atoms with Crippen molar-refractivity contribution >= 4 is 12.0 Å². The molecule has 0 spiro atoms. The minimum atomic E-state index is -0.828. The number of carboxylic acids is 1. The second-order valence-corrected chi connectivity index (χ2v) is 7.10. The number of aliphatic carboxylic acids is 1. The average molecular weight is 326 g/mol. The van der Waals surface area contributed by atoms with Gasteiger partial charge >= 0.3 is 12.0 Å². The number of amides is 2. The molecular formula is C17H30N2O4. The number of nitrogens with one attached hydrogen (secondary N) is 1. The van der Waals surface area contributed by atoms with E-state index in [-0.39, 0.29) is 18.7 Å². The van der Waals surface area contributed by atoms with Crippen LogP contribution in [0.15, 0.2) is 0 Å². The predicted octanol–water partition coefficient (Wildman–Crippen LogP) is 2.48. The van der Waals surface area contributed by atoms with Crippen molar-refractivity contribution in [2.75, 3.05) is 26.2 Å². The smallest absolute Gasteiger partial charge is 0.317 e. The van der Waals surface area contributed by atoms with Gasteiger partial charge in [-0.25, -0.2) is 4.79 Å². The first-order valence-corrected chi connectivity index (χ1v) is 8.84. The van der Waals surface area contributed by atoms with Gasteiger partial charge in [0.15, 0.2) is 0 Å². The Kier molecular flexibility index (Phi) is 6.27. The molecule has 1 aliphatic carbocycles. The van der Waals surface area contributed by atoms with Crippen LogP contribution in [0.5, 0.6) is 0 Å². The summed E-state index contributed by atoms with van der Waals surface area (Å²) in [6.07, 6.45) is 6.58. The van der Waals surface area contributed by atoms with E-state index in [0.717, 1.165) is 6.42 Å². The lowest BCUT2D eigenvalue weighted by Crippen LogP contribution is -2.42. The molecule has 0 radical (unpaired) electrons. The molecule has 132 valence electrons. The van der Waals surface area contributed by atoms with Crippen LogP contribution in [-0.4, -0.2) is 54.4 Å².